The summed E-state index contributed by atoms with van der Waals surface area (Å²) < 4.78 is 11.1. The van der Waals surface area contributed by atoms with Crippen molar-refractivity contribution in [3.8, 4) is 5.75 Å². The van der Waals surface area contributed by atoms with Crippen LogP contribution in [0.1, 0.15) is 30.1 Å². The lowest BCUT2D eigenvalue weighted by Crippen LogP contribution is -2.37. The number of para-hydroxylation sites is 1. The first-order valence-corrected chi connectivity index (χ1v) is 10.7. The average molecular weight is 407 g/mol. The topological polar surface area (TPSA) is 54.6 Å². The van der Waals surface area contributed by atoms with Gasteiger partial charge in [-0.3, -0.25) is 9.80 Å². The molecule has 30 heavy (non-hydrogen) atoms. The van der Waals surface area contributed by atoms with E-state index in [2.05, 4.69) is 57.3 Å². The van der Waals surface area contributed by atoms with Crippen molar-refractivity contribution in [3.05, 3.63) is 77.9 Å². The van der Waals surface area contributed by atoms with Gasteiger partial charge in [0.1, 0.15) is 5.75 Å². The van der Waals surface area contributed by atoms with Crippen LogP contribution in [0.2, 0.25) is 0 Å². The minimum atomic E-state index is 0.317. The molecule has 158 valence electrons. The van der Waals surface area contributed by atoms with Gasteiger partial charge in [0.2, 0.25) is 11.7 Å². The smallest absolute Gasteiger partial charge is 0.240 e. The Morgan fingerprint density at radius 3 is 2.47 bits per heavy atom. The molecule has 2 aromatic carbocycles. The summed E-state index contributed by atoms with van der Waals surface area (Å²) in [4.78, 5) is 9.31. The molecule has 0 unspecified atom stereocenters. The SMILES string of the molecule is CN(Cc1nc(COc2ccccc2)no1)CC1CCN(Cc2ccccc2)CC1. The molecule has 6 nitrogen and oxygen atoms in total. The highest BCUT2D eigenvalue weighted by Gasteiger charge is 2.21. The van der Waals surface area contributed by atoms with Crippen molar-refractivity contribution in [1.29, 1.82) is 0 Å². The summed E-state index contributed by atoms with van der Waals surface area (Å²) in [6.07, 6.45) is 2.47. The highest BCUT2D eigenvalue weighted by molar-refractivity contribution is 5.21. The van der Waals surface area contributed by atoms with Crippen molar-refractivity contribution < 1.29 is 9.26 Å². The lowest BCUT2D eigenvalue weighted by atomic mass is 9.96. The molecular formula is C24H30N4O2. The minimum absolute atomic E-state index is 0.317. The van der Waals surface area contributed by atoms with Crippen LogP contribution < -0.4 is 4.74 Å². The number of benzene rings is 2. The maximum absolute atomic E-state index is 5.68. The predicted octanol–water partition coefficient (Wildman–Crippen LogP) is 3.99. The number of likely N-dealkylation sites (tertiary alicyclic amines) is 1. The van der Waals surface area contributed by atoms with E-state index in [0.29, 0.717) is 30.8 Å². The van der Waals surface area contributed by atoms with Gasteiger partial charge in [0.25, 0.3) is 0 Å². The standard InChI is InChI=1S/C24H30N4O2/c1-27(16-21-12-14-28(15-13-21)17-20-8-4-2-5-9-20)18-24-25-23(26-30-24)19-29-22-10-6-3-7-11-22/h2-11,21H,12-19H2,1H3. The predicted molar refractivity (Wildman–Crippen MR) is 116 cm³/mol. The van der Waals surface area contributed by atoms with Crippen molar-refractivity contribution in [1.82, 2.24) is 19.9 Å². The molecule has 1 aliphatic heterocycles. The molecule has 6 heteroatoms. The van der Waals surface area contributed by atoms with E-state index in [1.54, 1.807) is 0 Å². The zero-order valence-corrected chi connectivity index (χ0v) is 17.6. The fraction of sp³-hybridized carbons (Fsp3) is 0.417. The van der Waals surface area contributed by atoms with E-state index >= 15 is 0 Å². The second-order valence-corrected chi connectivity index (χ2v) is 8.11. The van der Waals surface area contributed by atoms with E-state index in [1.165, 1.54) is 18.4 Å². The van der Waals surface area contributed by atoms with Gasteiger partial charge in [-0.1, -0.05) is 53.7 Å². The van der Waals surface area contributed by atoms with Gasteiger partial charge < -0.3 is 9.26 Å². The first-order valence-electron chi connectivity index (χ1n) is 10.7. The Kier molecular flexibility index (Phi) is 7.11. The van der Waals surface area contributed by atoms with Gasteiger partial charge >= 0.3 is 0 Å². The number of hydrogen-bond acceptors (Lipinski definition) is 6. The van der Waals surface area contributed by atoms with E-state index in [9.17, 15) is 0 Å². The Morgan fingerprint density at radius 2 is 1.73 bits per heavy atom. The lowest BCUT2D eigenvalue weighted by Gasteiger charge is -2.33. The van der Waals surface area contributed by atoms with Gasteiger partial charge in [-0.2, -0.15) is 4.98 Å². The quantitative estimate of drug-likeness (QED) is 0.536. The highest BCUT2D eigenvalue weighted by atomic mass is 16.5. The van der Waals surface area contributed by atoms with E-state index in [4.69, 9.17) is 9.26 Å². The van der Waals surface area contributed by atoms with Crippen molar-refractivity contribution in [2.24, 2.45) is 5.92 Å². The summed E-state index contributed by atoms with van der Waals surface area (Å²) in [7, 11) is 2.13. The fourth-order valence-electron chi connectivity index (χ4n) is 3.98. The van der Waals surface area contributed by atoms with E-state index in [1.807, 2.05) is 30.3 Å². The zero-order chi connectivity index (χ0) is 20.6. The summed E-state index contributed by atoms with van der Waals surface area (Å²) in [6, 6.07) is 20.4. The summed E-state index contributed by atoms with van der Waals surface area (Å²) >= 11 is 0. The van der Waals surface area contributed by atoms with E-state index in [0.717, 1.165) is 31.9 Å². The molecule has 0 aliphatic carbocycles. The molecule has 0 atom stereocenters. The van der Waals surface area contributed by atoms with Crippen LogP contribution in [0.4, 0.5) is 0 Å². The Morgan fingerprint density at radius 1 is 1.03 bits per heavy atom. The Labute approximate surface area is 178 Å². The van der Waals surface area contributed by atoms with Gasteiger partial charge in [0.15, 0.2) is 6.61 Å². The van der Waals surface area contributed by atoms with Crippen LogP contribution in [0.15, 0.2) is 65.2 Å². The third-order valence-corrected chi connectivity index (χ3v) is 5.55. The first-order chi connectivity index (χ1) is 14.7. The molecule has 2 heterocycles. The van der Waals surface area contributed by atoms with Gasteiger partial charge in [-0.25, -0.2) is 0 Å². The summed E-state index contributed by atoms with van der Waals surface area (Å²) in [5.74, 6) is 2.74. The highest BCUT2D eigenvalue weighted by Crippen LogP contribution is 2.20. The number of nitrogens with zero attached hydrogens (tertiary/aromatic N) is 4. The van der Waals surface area contributed by atoms with Crippen molar-refractivity contribution in [2.45, 2.75) is 32.5 Å². The Hall–Kier alpha value is -2.70. The number of rotatable bonds is 9. The summed E-state index contributed by atoms with van der Waals surface area (Å²) in [5.41, 5.74) is 1.40. The molecular weight excluding hydrogens is 376 g/mol. The van der Waals surface area contributed by atoms with Gasteiger partial charge in [-0.15, -0.1) is 0 Å². The van der Waals surface area contributed by atoms with Crippen LogP contribution in [-0.4, -0.2) is 46.6 Å². The second kappa shape index (κ2) is 10.4. The molecule has 0 N–H and O–H groups in total. The monoisotopic (exact) mass is 406 g/mol. The summed E-state index contributed by atoms with van der Waals surface area (Å²) in [5, 5.41) is 4.04. The first kappa shape index (κ1) is 20.6. The lowest BCUT2D eigenvalue weighted by molar-refractivity contribution is 0.142. The largest absolute Gasteiger partial charge is 0.485 e. The van der Waals surface area contributed by atoms with Crippen LogP contribution in [0.5, 0.6) is 5.75 Å². The summed E-state index contributed by atoms with van der Waals surface area (Å²) in [6.45, 7) is 5.42. The molecule has 0 bridgehead atoms. The van der Waals surface area contributed by atoms with Crippen LogP contribution in [-0.2, 0) is 19.7 Å². The normalized spacial score (nSPS) is 15.5. The zero-order valence-electron chi connectivity index (χ0n) is 17.6. The molecule has 1 aromatic heterocycles. The number of hydrogen-bond donors (Lipinski definition) is 0. The Bertz CT molecular complexity index is 876. The maximum atomic E-state index is 5.68. The number of piperidine rings is 1. The van der Waals surface area contributed by atoms with Gasteiger partial charge in [0, 0.05) is 13.1 Å². The van der Waals surface area contributed by atoms with Crippen LogP contribution in [0.25, 0.3) is 0 Å². The van der Waals surface area contributed by atoms with E-state index in [-0.39, 0.29) is 0 Å². The van der Waals surface area contributed by atoms with Crippen molar-refractivity contribution >= 4 is 0 Å². The van der Waals surface area contributed by atoms with Crippen molar-refractivity contribution in [3.63, 3.8) is 0 Å². The second-order valence-electron chi connectivity index (χ2n) is 8.11. The van der Waals surface area contributed by atoms with Gasteiger partial charge in [0.05, 0.1) is 6.54 Å². The molecule has 1 saturated heterocycles. The van der Waals surface area contributed by atoms with Crippen LogP contribution in [0.3, 0.4) is 0 Å². The third kappa shape index (κ3) is 6.15. The van der Waals surface area contributed by atoms with Crippen molar-refractivity contribution in [2.75, 3.05) is 26.7 Å². The van der Waals surface area contributed by atoms with E-state index < -0.39 is 0 Å². The minimum Gasteiger partial charge on any atom is -0.485 e. The van der Waals surface area contributed by atoms with Crippen LogP contribution >= 0.6 is 0 Å². The average Bonchev–Trinajstić information content (AvgIpc) is 3.22. The molecule has 0 saturated carbocycles. The number of ether oxygens (including phenoxy) is 1. The molecule has 4 rings (SSSR count). The molecule has 1 fully saturated rings. The fourth-order valence-corrected chi connectivity index (χ4v) is 3.98. The van der Waals surface area contributed by atoms with Gasteiger partial charge in [-0.05, 0) is 56.6 Å². The molecule has 1 aliphatic rings. The molecule has 0 spiro atoms. The number of aromatic nitrogens is 2. The molecule has 3 aromatic rings. The van der Waals surface area contributed by atoms with Crippen LogP contribution in [0, 0.1) is 5.92 Å². The maximum Gasteiger partial charge on any atom is 0.240 e. The third-order valence-electron chi connectivity index (χ3n) is 5.55. The molecule has 0 amide bonds. The molecule has 0 radical (unpaired) electrons. The Balaban J connectivity index is 1.17.